The molecule has 0 aliphatic carbocycles. The van der Waals surface area contributed by atoms with E-state index < -0.39 is 20.6 Å². The Balaban J connectivity index is 3.08. The molecule has 5 heteroatoms. The van der Waals surface area contributed by atoms with E-state index in [0.717, 1.165) is 33.1 Å². The van der Waals surface area contributed by atoms with E-state index in [0.29, 0.717) is 12.8 Å². The van der Waals surface area contributed by atoms with Crippen LogP contribution < -0.4 is 0 Å². The van der Waals surface area contributed by atoms with E-state index in [4.69, 9.17) is 6.13 Å². The molecule has 0 aliphatic heterocycles. The number of rotatable bonds is 7. The van der Waals surface area contributed by atoms with Gasteiger partial charge in [-0.15, -0.1) is 0 Å². The van der Waals surface area contributed by atoms with Gasteiger partial charge in [0, 0.05) is 0 Å². The van der Waals surface area contributed by atoms with E-state index in [1.165, 1.54) is 0 Å². The average Bonchev–Trinajstić information content (AvgIpc) is 2.37. The summed E-state index contributed by atoms with van der Waals surface area (Å²) in [5.74, 6) is -0.562. The number of hydrogen-bond acceptors (Lipinski definition) is 4. The summed E-state index contributed by atoms with van der Waals surface area (Å²) in [4.78, 5) is 23.8. The van der Waals surface area contributed by atoms with Gasteiger partial charge in [-0.05, 0) is 0 Å². The van der Waals surface area contributed by atoms with Crippen molar-refractivity contribution in [1.82, 2.24) is 0 Å². The SMILES string of the molecule is CCCC(=O)OI(OC(=O)CCC)c1c(C)cc(C)cc1C. The van der Waals surface area contributed by atoms with Crippen molar-refractivity contribution >= 4 is 32.6 Å². The first kappa shape index (κ1) is 18.9. The topological polar surface area (TPSA) is 52.6 Å². The summed E-state index contributed by atoms with van der Waals surface area (Å²) in [7, 11) is 0. The van der Waals surface area contributed by atoms with Crippen molar-refractivity contribution in [1.29, 1.82) is 0 Å². The second-order valence-electron chi connectivity index (χ2n) is 5.33. The van der Waals surface area contributed by atoms with E-state index in [1.807, 2.05) is 46.8 Å². The van der Waals surface area contributed by atoms with E-state index >= 15 is 0 Å². The molecule has 0 saturated heterocycles. The van der Waals surface area contributed by atoms with Crippen LogP contribution in [-0.2, 0) is 15.7 Å². The predicted octanol–water partition coefficient (Wildman–Crippen LogP) is 4.80. The predicted molar refractivity (Wildman–Crippen MR) is 95.4 cm³/mol. The van der Waals surface area contributed by atoms with Gasteiger partial charge in [-0.1, -0.05) is 0 Å². The Bertz CT molecular complexity index is 496. The fourth-order valence-electron chi connectivity index (χ4n) is 2.14. The molecule has 0 fully saturated rings. The number of carbonyl (C=O) groups is 2. The van der Waals surface area contributed by atoms with Crippen molar-refractivity contribution in [3.05, 3.63) is 32.4 Å². The summed E-state index contributed by atoms with van der Waals surface area (Å²) >= 11 is -2.78. The van der Waals surface area contributed by atoms with Gasteiger partial charge in [-0.2, -0.15) is 0 Å². The Kier molecular flexibility index (Phi) is 7.85. The molecule has 1 rings (SSSR count). The van der Waals surface area contributed by atoms with Gasteiger partial charge in [0.2, 0.25) is 0 Å². The van der Waals surface area contributed by atoms with E-state index in [9.17, 15) is 9.59 Å². The van der Waals surface area contributed by atoms with Crippen LogP contribution in [0.5, 0.6) is 0 Å². The standard InChI is InChI=1S/C17H25IO4/c1-6-8-15(19)21-18(22-16(20)9-7-2)17-13(4)10-12(3)11-14(17)5/h10-11H,6-9H2,1-5H3. The van der Waals surface area contributed by atoms with Crippen LogP contribution in [0.4, 0.5) is 0 Å². The van der Waals surface area contributed by atoms with E-state index in [-0.39, 0.29) is 11.9 Å². The van der Waals surface area contributed by atoms with Crippen LogP contribution in [-0.4, -0.2) is 11.9 Å². The zero-order chi connectivity index (χ0) is 16.7. The molecule has 0 unspecified atom stereocenters. The second-order valence-corrected chi connectivity index (χ2v) is 8.53. The van der Waals surface area contributed by atoms with Crippen molar-refractivity contribution in [3.8, 4) is 0 Å². The first-order chi connectivity index (χ1) is 10.4. The molecule has 0 bridgehead atoms. The van der Waals surface area contributed by atoms with Crippen molar-refractivity contribution in [2.75, 3.05) is 0 Å². The number of benzene rings is 1. The molecule has 124 valence electrons. The van der Waals surface area contributed by atoms with Gasteiger partial charge >= 0.3 is 141 Å². The van der Waals surface area contributed by atoms with Crippen LogP contribution in [0.25, 0.3) is 0 Å². The van der Waals surface area contributed by atoms with Crippen LogP contribution in [0.3, 0.4) is 0 Å². The zero-order valence-corrected chi connectivity index (χ0v) is 16.2. The fraction of sp³-hybridized carbons (Fsp3) is 0.529. The normalized spacial score (nSPS) is 11.0. The third-order valence-corrected chi connectivity index (χ3v) is 7.32. The first-order valence-corrected chi connectivity index (χ1v) is 10.4. The minimum absolute atomic E-state index is 0.281. The van der Waals surface area contributed by atoms with Crippen LogP contribution >= 0.6 is 20.6 Å². The molecule has 22 heavy (non-hydrogen) atoms. The molecule has 1 aromatic rings. The molecule has 4 nitrogen and oxygen atoms in total. The summed E-state index contributed by atoms with van der Waals surface area (Å²) in [5.41, 5.74) is 3.20. The van der Waals surface area contributed by atoms with Crippen LogP contribution in [0.2, 0.25) is 0 Å². The molecule has 0 N–H and O–H groups in total. The Morgan fingerprint density at radius 2 is 1.32 bits per heavy atom. The molecule has 0 amide bonds. The molecular formula is C17H25IO4. The Labute approximate surface area is 141 Å². The molecule has 0 saturated carbocycles. The van der Waals surface area contributed by atoms with Gasteiger partial charge in [0.05, 0.1) is 0 Å². The number of carbonyl (C=O) groups excluding carboxylic acids is 2. The maximum absolute atomic E-state index is 11.9. The number of halogens is 1. The zero-order valence-electron chi connectivity index (χ0n) is 14.0. The quantitative estimate of drug-likeness (QED) is 0.595. The fourth-order valence-corrected chi connectivity index (χ4v) is 5.70. The van der Waals surface area contributed by atoms with Gasteiger partial charge < -0.3 is 0 Å². The van der Waals surface area contributed by atoms with Gasteiger partial charge in [0.25, 0.3) is 0 Å². The Hall–Kier alpha value is -1.11. The number of aryl methyl sites for hydroxylation is 3. The summed E-state index contributed by atoms with van der Waals surface area (Å²) < 4.78 is 12.1. The van der Waals surface area contributed by atoms with Crippen molar-refractivity contribution < 1.29 is 15.7 Å². The molecule has 0 aromatic heterocycles. The van der Waals surface area contributed by atoms with Crippen molar-refractivity contribution in [2.45, 2.75) is 60.3 Å². The van der Waals surface area contributed by atoms with Crippen molar-refractivity contribution in [2.24, 2.45) is 0 Å². The summed E-state index contributed by atoms with van der Waals surface area (Å²) in [5, 5.41) is 0. The van der Waals surface area contributed by atoms with Crippen molar-refractivity contribution in [3.63, 3.8) is 0 Å². The molecule has 0 radical (unpaired) electrons. The average molecular weight is 420 g/mol. The Morgan fingerprint density at radius 1 is 0.909 bits per heavy atom. The van der Waals surface area contributed by atoms with E-state index in [2.05, 4.69) is 0 Å². The minimum atomic E-state index is -2.78. The van der Waals surface area contributed by atoms with Gasteiger partial charge in [0.1, 0.15) is 0 Å². The molecule has 1 aromatic carbocycles. The van der Waals surface area contributed by atoms with Crippen LogP contribution in [0, 0.1) is 24.3 Å². The molecular weight excluding hydrogens is 395 g/mol. The first-order valence-electron chi connectivity index (χ1n) is 7.59. The maximum atomic E-state index is 11.9. The van der Waals surface area contributed by atoms with Gasteiger partial charge in [-0.3, -0.25) is 0 Å². The molecule has 0 atom stereocenters. The summed E-state index contributed by atoms with van der Waals surface area (Å²) in [6.07, 6.45) is 2.14. The summed E-state index contributed by atoms with van der Waals surface area (Å²) in [6, 6.07) is 4.07. The third kappa shape index (κ3) is 5.59. The summed E-state index contributed by atoms with van der Waals surface area (Å²) in [6.45, 7) is 9.81. The van der Waals surface area contributed by atoms with Gasteiger partial charge in [0.15, 0.2) is 0 Å². The Morgan fingerprint density at radius 3 is 1.68 bits per heavy atom. The molecule has 0 spiro atoms. The van der Waals surface area contributed by atoms with Crippen LogP contribution in [0.15, 0.2) is 12.1 Å². The van der Waals surface area contributed by atoms with Crippen LogP contribution in [0.1, 0.15) is 56.2 Å². The number of hydrogen-bond donors (Lipinski definition) is 0. The molecule has 0 heterocycles. The third-order valence-electron chi connectivity index (χ3n) is 2.96. The van der Waals surface area contributed by atoms with Gasteiger partial charge in [-0.25, -0.2) is 0 Å². The van der Waals surface area contributed by atoms with E-state index in [1.54, 1.807) is 0 Å². The molecule has 0 aliphatic rings. The second kappa shape index (κ2) is 9.12. The monoisotopic (exact) mass is 420 g/mol.